The van der Waals surface area contributed by atoms with E-state index < -0.39 is 0 Å². The molecule has 0 aliphatic rings. The van der Waals surface area contributed by atoms with Crippen LogP contribution in [0, 0.1) is 5.82 Å². The molecule has 7 heteroatoms. The van der Waals surface area contributed by atoms with Crippen LogP contribution in [0.2, 0.25) is 0 Å². The standard InChI is InChI=1S/C18H25FN4O.HI/c1-20-18(21-9-8-16-5-4-10-24-16)22-12-14-6-7-17(19)15(11-14)13-23(2)3;/h4-7,10-11H,8-9,12-13H2,1-3H3,(H2,20,21,22);1H. The maximum Gasteiger partial charge on any atom is 0.191 e. The van der Waals surface area contributed by atoms with Crippen LogP contribution in [-0.4, -0.2) is 38.5 Å². The summed E-state index contributed by atoms with van der Waals surface area (Å²) in [5.74, 6) is 1.47. The molecule has 2 N–H and O–H groups in total. The smallest absolute Gasteiger partial charge is 0.191 e. The van der Waals surface area contributed by atoms with Crippen LogP contribution in [-0.2, 0) is 19.5 Å². The first-order valence-electron chi connectivity index (χ1n) is 7.97. The van der Waals surface area contributed by atoms with Crippen molar-refractivity contribution in [2.45, 2.75) is 19.5 Å². The number of aliphatic imine (C=N–C) groups is 1. The molecule has 0 aliphatic heterocycles. The Kier molecular flexibility index (Phi) is 9.51. The third-order valence-corrected chi connectivity index (χ3v) is 3.52. The number of halogens is 2. The van der Waals surface area contributed by atoms with Crippen molar-refractivity contribution < 1.29 is 8.81 Å². The summed E-state index contributed by atoms with van der Waals surface area (Å²) in [6, 6.07) is 9.02. The van der Waals surface area contributed by atoms with E-state index in [-0.39, 0.29) is 29.8 Å². The Balaban J connectivity index is 0.00000312. The zero-order valence-electron chi connectivity index (χ0n) is 14.9. The molecule has 5 nitrogen and oxygen atoms in total. The summed E-state index contributed by atoms with van der Waals surface area (Å²) in [7, 11) is 5.58. The third kappa shape index (κ3) is 7.43. The molecule has 2 rings (SSSR count). The summed E-state index contributed by atoms with van der Waals surface area (Å²) in [6.45, 7) is 1.89. The van der Waals surface area contributed by atoms with E-state index in [1.165, 1.54) is 6.07 Å². The van der Waals surface area contributed by atoms with Gasteiger partial charge in [0.05, 0.1) is 6.26 Å². The topological polar surface area (TPSA) is 52.8 Å². The molecule has 25 heavy (non-hydrogen) atoms. The average molecular weight is 460 g/mol. The molecule has 0 saturated carbocycles. The second-order valence-electron chi connectivity index (χ2n) is 5.85. The summed E-state index contributed by atoms with van der Waals surface area (Å²) in [4.78, 5) is 6.14. The van der Waals surface area contributed by atoms with Gasteiger partial charge in [0.1, 0.15) is 11.6 Å². The Morgan fingerprint density at radius 3 is 2.68 bits per heavy atom. The van der Waals surface area contributed by atoms with E-state index in [4.69, 9.17) is 4.42 Å². The van der Waals surface area contributed by atoms with Gasteiger partial charge < -0.3 is 20.0 Å². The van der Waals surface area contributed by atoms with E-state index >= 15 is 0 Å². The molecule has 0 saturated heterocycles. The number of hydrogen-bond donors (Lipinski definition) is 2. The van der Waals surface area contributed by atoms with Crippen LogP contribution in [0.5, 0.6) is 0 Å². The van der Waals surface area contributed by atoms with Crippen molar-refractivity contribution >= 4 is 29.9 Å². The molecule has 1 heterocycles. The minimum Gasteiger partial charge on any atom is -0.469 e. The Hall–Kier alpha value is -1.61. The van der Waals surface area contributed by atoms with Crippen molar-refractivity contribution in [3.8, 4) is 0 Å². The third-order valence-electron chi connectivity index (χ3n) is 3.52. The van der Waals surface area contributed by atoms with Gasteiger partial charge >= 0.3 is 0 Å². The van der Waals surface area contributed by atoms with Gasteiger partial charge in [0.15, 0.2) is 5.96 Å². The molecular weight excluding hydrogens is 434 g/mol. The zero-order valence-corrected chi connectivity index (χ0v) is 17.2. The number of hydrogen-bond acceptors (Lipinski definition) is 3. The number of nitrogens with one attached hydrogen (secondary N) is 2. The van der Waals surface area contributed by atoms with Gasteiger partial charge in [-0.15, -0.1) is 24.0 Å². The first-order chi connectivity index (χ1) is 11.6. The van der Waals surface area contributed by atoms with Crippen molar-refractivity contribution in [3.05, 3.63) is 59.3 Å². The highest BCUT2D eigenvalue weighted by atomic mass is 127. The van der Waals surface area contributed by atoms with Crippen LogP contribution < -0.4 is 10.6 Å². The van der Waals surface area contributed by atoms with Gasteiger partial charge in [0.2, 0.25) is 0 Å². The molecule has 0 fully saturated rings. The molecule has 0 atom stereocenters. The molecule has 0 unspecified atom stereocenters. The van der Waals surface area contributed by atoms with Gasteiger partial charge in [-0.3, -0.25) is 4.99 Å². The minimum atomic E-state index is -0.173. The predicted molar refractivity (Wildman–Crippen MR) is 110 cm³/mol. The number of rotatable bonds is 7. The fourth-order valence-electron chi connectivity index (χ4n) is 2.37. The van der Waals surface area contributed by atoms with Gasteiger partial charge in [-0.25, -0.2) is 4.39 Å². The summed E-state index contributed by atoms with van der Waals surface area (Å²) in [5, 5.41) is 6.47. The number of guanidine groups is 1. The first-order valence-corrected chi connectivity index (χ1v) is 7.97. The molecule has 1 aromatic carbocycles. The van der Waals surface area contributed by atoms with Gasteiger partial charge in [0.25, 0.3) is 0 Å². The van der Waals surface area contributed by atoms with Crippen LogP contribution in [0.3, 0.4) is 0 Å². The maximum absolute atomic E-state index is 13.8. The Bertz CT molecular complexity index is 659. The van der Waals surface area contributed by atoms with Crippen LogP contribution >= 0.6 is 24.0 Å². The monoisotopic (exact) mass is 460 g/mol. The van der Waals surface area contributed by atoms with Crippen LogP contribution in [0.1, 0.15) is 16.9 Å². The normalized spacial score (nSPS) is 11.3. The van der Waals surface area contributed by atoms with E-state index in [9.17, 15) is 4.39 Å². The summed E-state index contributed by atoms with van der Waals surface area (Å²) in [5.41, 5.74) is 1.71. The van der Waals surface area contributed by atoms with Crippen LogP contribution in [0.15, 0.2) is 46.0 Å². The lowest BCUT2D eigenvalue weighted by atomic mass is 10.1. The highest BCUT2D eigenvalue weighted by molar-refractivity contribution is 14.0. The molecule has 0 spiro atoms. The minimum absolute atomic E-state index is 0. The van der Waals surface area contributed by atoms with E-state index in [1.54, 1.807) is 19.4 Å². The predicted octanol–water partition coefficient (Wildman–Crippen LogP) is 3.01. The highest BCUT2D eigenvalue weighted by Crippen LogP contribution is 2.12. The second kappa shape index (κ2) is 11.1. The van der Waals surface area contributed by atoms with Crippen molar-refractivity contribution in [1.82, 2.24) is 15.5 Å². The van der Waals surface area contributed by atoms with E-state index in [2.05, 4.69) is 15.6 Å². The zero-order chi connectivity index (χ0) is 17.4. The average Bonchev–Trinajstić information content (AvgIpc) is 3.06. The van der Waals surface area contributed by atoms with Crippen molar-refractivity contribution in [1.29, 1.82) is 0 Å². The lowest BCUT2D eigenvalue weighted by Gasteiger charge is -2.14. The van der Waals surface area contributed by atoms with Gasteiger partial charge in [-0.1, -0.05) is 6.07 Å². The summed E-state index contributed by atoms with van der Waals surface area (Å²) < 4.78 is 19.1. The second-order valence-corrected chi connectivity index (χ2v) is 5.85. The molecule has 0 amide bonds. The van der Waals surface area contributed by atoms with Gasteiger partial charge in [0, 0.05) is 38.7 Å². The molecule has 138 valence electrons. The van der Waals surface area contributed by atoms with Crippen LogP contribution in [0.4, 0.5) is 4.39 Å². The molecule has 0 radical (unpaired) electrons. The largest absolute Gasteiger partial charge is 0.469 e. The fraction of sp³-hybridized carbons (Fsp3) is 0.389. The lowest BCUT2D eigenvalue weighted by Crippen LogP contribution is -2.37. The fourth-order valence-corrected chi connectivity index (χ4v) is 2.37. The first kappa shape index (κ1) is 21.4. The molecule has 1 aromatic heterocycles. The van der Waals surface area contributed by atoms with Gasteiger partial charge in [-0.2, -0.15) is 0 Å². The lowest BCUT2D eigenvalue weighted by molar-refractivity contribution is 0.392. The number of furan rings is 1. The number of nitrogens with zero attached hydrogens (tertiary/aromatic N) is 2. The van der Waals surface area contributed by atoms with Crippen molar-refractivity contribution in [2.24, 2.45) is 4.99 Å². The summed E-state index contributed by atoms with van der Waals surface area (Å²) in [6.07, 6.45) is 2.46. The maximum atomic E-state index is 13.8. The summed E-state index contributed by atoms with van der Waals surface area (Å²) >= 11 is 0. The Morgan fingerprint density at radius 1 is 1.24 bits per heavy atom. The van der Waals surface area contributed by atoms with E-state index in [0.29, 0.717) is 24.6 Å². The quantitative estimate of drug-likeness (QED) is 0.379. The van der Waals surface area contributed by atoms with Crippen molar-refractivity contribution in [3.63, 3.8) is 0 Å². The molecular formula is C18H26FIN4O. The Labute approximate surface area is 165 Å². The van der Waals surface area contributed by atoms with E-state index in [0.717, 1.165) is 24.3 Å². The molecule has 0 aliphatic carbocycles. The van der Waals surface area contributed by atoms with Crippen LogP contribution in [0.25, 0.3) is 0 Å². The highest BCUT2D eigenvalue weighted by Gasteiger charge is 2.06. The van der Waals surface area contributed by atoms with Crippen molar-refractivity contribution in [2.75, 3.05) is 27.7 Å². The van der Waals surface area contributed by atoms with Gasteiger partial charge in [-0.05, 0) is 43.9 Å². The number of benzene rings is 1. The molecule has 2 aromatic rings. The Morgan fingerprint density at radius 2 is 2.04 bits per heavy atom. The molecule has 0 bridgehead atoms. The van der Waals surface area contributed by atoms with E-state index in [1.807, 2.05) is 37.2 Å². The SMILES string of the molecule is CN=C(NCCc1ccco1)NCc1ccc(F)c(CN(C)C)c1.I.